The first-order chi connectivity index (χ1) is 44.1. The van der Waals surface area contributed by atoms with Crippen LogP contribution in [0.3, 0.4) is 0 Å². The summed E-state index contributed by atoms with van der Waals surface area (Å²) < 4.78 is 83.1. The van der Waals surface area contributed by atoms with Crippen LogP contribution in [0.4, 0.5) is 0 Å². The van der Waals surface area contributed by atoms with Crippen molar-refractivity contribution in [3.05, 3.63) is 142 Å². The number of carbonyl (C=O) groups excluding carboxylic acids is 1. The molecule has 4 saturated heterocycles. The van der Waals surface area contributed by atoms with E-state index in [0.717, 1.165) is 73.6 Å². The Morgan fingerprint density at radius 2 is 0.742 bits per heavy atom. The number of fused-ring (bicyclic) bond motifs is 2. The van der Waals surface area contributed by atoms with Gasteiger partial charge in [-0.3, -0.25) is 4.18 Å². The minimum atomic E-state index is -4.48. The number of hydrogen-bond donors (Lipinski definition) is 4. The molecule has 4 unspecified atom stereocenters. The van der Waals surface area contributed by atoms with E-state index in [-0.39, 0.29) is 72.1 Å². The fourth-order valence-electron chi connectivity index (χ4n) is 11.2. The number of aliphatic hydroxyl groups is 4. The van der Waals surface area contributed by atoms with Gasteiger partial charge < -0.3 is 72.8 Å². The van der Waals surface area contributed by atoms with Crippen LogP contribution in [0.1, 0.15) is 240 Å². The Morgan fingerprint density at radius 1 is 0.452 bits per heavy atom. The second kappa shape index (κ2) is 48.5. The molecule has 4 aliphatic heterocycles. The Balaban J connectivity index is 0.000000338. The van der Waals surface area contributed by atoms with Crippen molar-refractivity contribution in [2.24, 2.45) is 0 Å². The summed E-state index contributed by atoms with van der Waals surface area (Å²) in [5.74, 6) is -0.909. The number of aryl methyl sites for hydroxylation is 4. The zero-order chi connectivity index (χ0) is 65.8. The van der Waals surface area contributed by atoms with E-state index in [1.54, 1.807) is 0 Å². The van der Waals surface area contributed by atoms with E-state index < -0.39 is 104 Å². The topological polar surface area (TPSA) is 261 Å². The van der Waals surface area contributed by atoms with Gasteiger partial charge in [-0.15, -0.1) is 0 Å². The summed E-state index contributed by atoms with van der Waals surface area (Å²) >= 11 is 0. The molecule has 4 aliphatic rings. The number of carboxylic acids is 1. The summed E-state index contributed by atoms with van der Waals surface area (Å²) in [6, 6.07) is 32.2. The first-order valence-corrected chi connectivity index (χ1v) is 35.3. The van der Waals surface area contributed by atoms with Gasteiger partial charge >= 0.3 is 59.1 Å². The van der Waals surface area contributed by atoms with Gasteiger partial charge in [-0.05, 0) is 67.2 Å². The zero-order valence-electron chi connectivity index (χ0n) is 57.1. The molecule has 0 radical (unpaired) electrons. The number of carboxylic acid groups (broad SMARTS) is 1. The number of benzene rings is 4. The van der Waals surface area contributed by atoms with Gasteiger partial charge in [0.25, 0.3) is 0 Å². The molecule has 0 amide bonds. The van der Waals surface area contributed by atoms with Crippen LogP contribution in [0.2, 0.25) is 0 Å². The van der Waals surface area contributed by atoms with Crippen LogP contribution in [0.15, 0.2) is 97.1 Å². The van der Waals surface area contributed by atoms with Crippen LogP contribution < -0.4 is 64.2 Å². The number of hydrogen-bond acceptors (Lipinski definition) is 18. The first kappa shape index (κ1) is 85.0. The number of aliphatic carboxylic acids is 1. The van der Waals surface area contributed by atoms with Crippen molar-refractivity contribution in [2.75, 3.05) is 33.0 Å². The Morgan fingerprint density at radius 3 is 1.02 bits per heavy atom. The molecule has 21 heteroatoms. The molecule has 512 valence electrons. The molecule has 12 atom stereocenters. The van der Waals surface area contributed by atoms with Crippen LogP contribution in [-0.4, -0.2) is 121 Å². The minimum Gasteiger partial charge on any atom is -0.726 e. The molecule has 0 aliphatic carbocycles. The van der Waals surface area contributed by atoms with Crippen LogP contribution in [-0.2, 0) is 83.0 Å². The summed E-state index contributed by atoms with van der Waals surface area (Å²) in [7, 11) is -4.48. The van der Waals surface area contributed by atoms with E-state index in [2.05, 4.69) is 70.0 Å². The van der Waals surface area contributed by atoms with Crippen molar-refractivity contribution in [2.45, 2.75) is 270 Å². The SMILES string of the molecule is CCCCCCCCCCCC(=O)[O-].CCCCCCCCCCCCOS(=O)(=O)[O-].CCc1ccc(C2OC[C@@H]3OC(c4ccc(CC)cc4)O[C@H]([C@H](O)CO)[C@@H]3O2)cc1.CCc1ccc(C2OC[C@@H]3OC(c4ccc(CC)cc4)O[C@H]([C@H](O)CO)[C@@H]3O2)cc1.[Na+].[Na+]. The third-order valence-electron chi connectivity index (χ3n) is 16.9. The Bertz CT molecular complexity index is 2510. The number of rotatable bonds is 34. The number of aliphatic hydroxyl groups excluding tert-OH is 4. The van der Waals surface area contributed by atoms with Crippen LogP contribution >= 0.6 is 0 Å². The fourth-order valence-corrected chi connectivity index (χ4v) is 11.5. The first-order valence-electron chi connectivity index (χ1n) is 34.0. The van der Waals surface area contributed by atoms with Crippen LogP contribution in [0.5, 0.6) is 0 Å². The van der Waals surface area contributed by atoms with Crippen molar-refractivity contribution in [3.8, 4) is 0 Å². The molecule has 4 N–H and O–H groups in total. The molecule has 0 bridgehead atoms. The fraction of sp³-hybridized carbons (Fsp3) is 0.653. The minimum absolute atomic E-state index is 0. The maximum absolute atomic E-state index is 10.4. The summed E-state index contributed by atoms with van der Waals surface area (Å²) in [6.45, 7) is 12.7. The molecule has 4 aromatic rings. The molecule has 0 aromatic heterocycles. The maximum atomic E-state index is 10.4. The molecule has 4 aromatic carbocycles. The van der Waals surface area contributed by atoms with Gasteiger partial charge in [0.2, 0.25) is 10.4 Å². The Labute approximate surface area is 600 Å². The van der Waals surface area contributed by atoms with Crippen LogP contribution in [0, 0.1) is 0 Å². The average molecular weight is 1340 g/mol. The largest absolute Gasteiger partial charge is 1.00 e. The summed E-state index contributed by atoms with van der Waals surface area (Å²) in [6.07, 6.45) is 18.7. The van der Waals surface area contributed by atoms with Gasteiger partial charge in [0.05, 0.1) is 33.0 Å². The van der Waals surface area contributed by atoms with Gasteiger partial charge in [0, 0.05) is 28.2 Å². The molecule has 4 fully saturated rings. The quantitative estimate of drug-likeness (QED) is 0.0176. The molecule has 4 heterocycles. The monoisotopic (exact) mass is 1340 g/mol. The molecular weight excluding hydrogens is 1230 g/mol. The van der Waals surface area contributed by atoms with Crippen molar-refractivity contribution in [3.63, 3.8) is 0 Å². The third-order valence-corrected chi connectivity index (χ3v) is 17.4. The summed E-state index contributed by atoms with van der Waals surface area (Å²) in [5.41, 5.74) is 8.45. The molecule has 0 spiro atoms. The molecule has 18 nitrogen and oxygen atoms in total. The number of ether oxygens (including phenoxy) is 8. The van der Waals surface area contributed by atoms with E-state index in [9.17, 15) is 43.3 Å². The van der Waals surface area contributed by atoms with E-state index in [1.807, 2.05) is 72.8 Å². The summed E-state index contributed by atoms with van der Waals surface area (Å²) in [5, 5.41) is 50.2. The molecule has 93 heavy (non-hydrogen) atoms. The van der Waals surface area contributed by atoms with Gasteiger partial charge in [0.15, 0.2) is 25.2 Å². The molecule has 0 saturated carbocycles. The predicted octanol–water partition coefficient (Wildman–Crippen LogP) is 6.17. The molecular formula is C72H108Na2O18S. The standard InChI is InChI=1S/2C24H30O6.C12H26O4S.C12H24O2.2Na/c2*1-3-15-5-9-17(10-6-15)23-27-14-20-22(30-23)21(19(26)13-25)29-24(28-20)18-11-7-16(4-2)8-12-18;1-2-3-4-5-6-7-8-9-10-11-12-16-17(13,14)15;1-2-3-4-5-6-7-8-9-10-11-12(13)14;;/h2*5-12,19-26H,3-4,13-14H2,1-2H3;2-12H2,1H3,(H,13,14,15);2-11H2,1H3,(H,13,14);;/q;;;;2*+1/p-2/t2*19-,20+,21-,22-,23?,24?;;;;/m11..../s1. The van der Waals surface area contributed by atoms with Crippen LogP contribution in [0.25, 0.3) is 0 Å². The average Bonchev–Trinajstić information content (AvgIpc) is 0.845. The summed E-state index contributed by atoms with van der Waals surface area (Å²) in [4.78, 5) is 10.1. The van der Waals surface area contributed by atoms with Gasteiger partial charge in [0.1, 0.15) is 48.8 Å². The number of carbonyl (C=O) groups is 1. The Hall–Kier alpha value is -2.26. The maximum Gasteiger partial charge on any atom is 1.00 e. The van der Waals surface area contributed by atoms with Crippen molar-refractivity contribution < 1.29 is 144 Å². The van der Waals surface area contributed by atoms with Crippen molar-refractivity contribution in [1.29, 1.82) is 0 Å². The third kappa shape index (κ3) is 31.2. The van der Waals surface area contributed by atoms with Gasteiger partial charge in [-0.25, -0.2) is 8.42 Å². The van der Waals surface area contributed by atoms with Crippen molar-refractivity contribution >= 4 is 16.4 Å². The zero-order valence-corrected chi connectivity index (χ0v) is 61.9. The second-order valence-electron chi connectivity index (χ2n) is 24.0. The van der Waals surface area contributed by atoms with E-state index in [4.69, 9.17) is 37.9 Å². The smallest absolute Gasteiger partial charge is 0.726 e. The van der Waals surface area contributed by atoms with Gasteiger partial charge in [-0.2, -0.15) is 0 Å². The number of unbranched alkanes of at least 4 members (excludes halogenated alkanes) is 17. The van der Waals surface area contributed by atoms with E-state index >= 15 is 0 Å². The van der Waals surface area contributed by atoms with E-state index in [1.165, 1.54) is 112 Å². The molecule has 8 rings (SSSR count). The Kier molecular flexibility index (Phi) is 44.3. The van der Waals surface area contributed by atoms with E-state index in [0.29, 0.717) is 19.6 Å². The van der Waals surface area contributed by atoms with Crippen molar-refractivity contribution in [1.82, 2.24) is 0 Å². The second-order valence-corrected chi connectivity index (χ2v) is 25.0. The predicted molar refractivity (Wildman–Crippen MR) is 346 cm³/mol. The normalized spacial score (nSPS) is 23.0. The van der Waals surface area contributed by atoms with Gasteiger partial charge in [-0.1, -0.05) is 248 Å².